The van der Waals surface area contributed by atoms with Crippen LogP contribution in [0.3, 0.4) is 0 Å². The fraction of sp³-hybridized carbons (Fsp3) is 0. The molecule has 0 aliphatic carbocycles. The highest BCUT2D eigenvalue weighted by Crippen LogP contribution is 2.39. The minimum absolute atomic E-state index is 1.14. The summed E-state index contributed by atoms with van der Waals surface area (Å²) in [4.78, 5) is 0. The molecule has 0 aliphatic rings. The number of aromatic nitrogens is 2. The first-order valence-corrected chi connectivity index (χ1v) is 23.4. The smallest absolute Gasteiger partial charge is 0.0547 e. The Bertz CT molecular complexity index is 3990. The Morgan fingerprint density at radius 2 is 0.515 bits per heavy atom. The highest BCUT2D eigenvalue weighted by molar-refractivity contribution is 6.12. The fourth-order valence-electron chi connectivity index (χ4n) is 10.4. The van der Waals surface area contributed by atoms with Crippen LogP contribution in [0.1, 0.15) is 0 Å². The lowest BCUT2D eigenvalue weighted by Gasteiger charge is -2.12. The van der Waals surface area contributed by atoms with Crippen LogP contribution in [0.25, 0.3) is 122 Å². The van der Waals surface area contributed by atoms with Gasteiger partial charge in [0.1, 0.15) is 0 Å². The van der Waals surface area contributed by atoms with E-state index >= 15 is 0 Å². The molecule has 318 valence electrons. The average Bonchev–Trinajstić information content (AvgIpc) is 3.94. The van der Waals surface area contributed by atoms with Gasteiger partial charge in [0.15, 0.2) is 0 Å². The Hall–Kier alpha value is -8.98. The second-order valence-electron chi connectivity index (χ2n) is 17.7. The van der Waals surface area contributed by atoms with Crippen LogP contribution in [0.5, 0.6) is 0 Å². The number of rotatable bonds is 8. The summed E-state index contributed by atoms with van der Waals surface area (Å²) in [6, 6.07) is 97.3. The van der Waals surface area contributed by atoms with E-state index in [2.05, 4.69) is 276 Å². The van der Waals surface area contributed by atoms with Gasteiger partial charge in [-0.25, -0.2) is 0 Å². The van der Waals surface area contributed by atoms with Gasteiger partial charge in [-0.1, -0.05) is 200 Å². The van der Waals surface area contributed by atoms with E-state index in [-0.39, 0.29) is 0 Å². The Morgan fingerprint density at radius 3 is 1.12 bits per heavy atom. The van der Waals surface area contributed by atoms with E-state index in [4.69, 9.17) is 0 Å². The van der Waals surface area contributed by atoms with Crippen LogP contribution in [-0.4, -0.2) is 9.13 Å². The molecule has 0 saturated carbocycles. The van der Waals surface area contributed by atoms with Gasteiger partial charge in [-0.05, 0) is 133 Å². The van der Waals surface area contributed by atoms with Crippen molar-refractivity contribution >= 4 is 43.6 Å². The Labute approximate surface area is 395 Å². The normalized spacial score (nSPS) is 11.5. The number of hydrogen-bond acceptors (Lipinski definition) is 0. The predicted molar refractivity (Wildman–Crippen MR) is 288 cm³/mol. The van der Waals surface area contributed by atoms with Gasteiger partial charge in [0.05, 0.1) is 22.1 Å². The summed E-state index contributed by atoms with van der Waals surface area (Å²) in [5, 5.41) is 4.98. The zero-order valence-electron chi connectivity index (χ0n) is 37.3. The van der Waals surface area contributed by atoms with Crippen molar-refractivity contribution in [2.24, 2.45) is 0 Å². The molecule has 2 heterocycles. The fourth-order valence-corrected chi connectivity index (χ4v) is 10.4. The van der Waals surface area contributed by atoms with Gasteiger partial charge in [-0.3, -0.25) is 0 Å². The molecule has 2 nitrogen and oxygen atoms in total. The van der Waals surface area contributed by atoms with E-state index in [0.717, 1.165) is 11.4 Å². The van der Waals surface area contributed by atoms with Crippen LogP contribution >= 0.6 is 0 Å². The molecule has 0 aliphatic heterocycles. The summed E-state index contributed by atoms with van der Waals surface area (Å²) >= 11 is 0. The molecule has 2 aromatic heterocycles. The van der Waals surface area contributed by atoms with Crippen molar-refractivity contribution in [2.45, 2.75) is 0 Å². The summed E-state index contributed by atoms with van der Waals surface area (Å²) in [5.74, 6) is 0. The summed E-state index contributed by atoms with van der Waals surface area (Å²) in [5.41, 5.74) is 21.5. The second-order valence-corrected chi connectivity index (χ2v) is 17.7. The van der Waals surface area contributed by atoms with Gasteiger partial charge in [0.2, 0.25) is 0 Å². The minimum Gasteiger partial charge on any atom is -0.309 e. The Morgan fingerprint density at radius 1 is 0.162 bits per heavy atom. The summed E-state index contributed by atoms with van der Waals surface area (Å²) < 4.78 is 4.83. The third kappa shape index (κ3) is 6.90. The van der Waals surface area contributed by atoms with Gasteiger partial charge < -0.3 is 9.13 Å². The second kappa shape index (κ2) is 16.5. The largest absolute Gasteiger partial charge is 0.309 e. The maximum atomic E-state index is 2.43. The maximum absolute atomic E-state index is 2.43. The zero-order chi connectivity index (χ0) is 45.0. The molecule has 0 spiro atoms. The molecular formula is C66H44N2. The first kappa shape index (κ1) is 39.4. The van der Waals surface area contributed by atoms with Gasteiger partial charge in [-0.15, -0.1) is 0 Å². The minimum atomic E-state index is 1.14. The summed E-state index contributed by atoms with van der Waals surface area (Å²) in [6.45, 7) is 0. The van der Waals surface area contributed by atoms with Gasteiger partial charge in [-0.2, -0.15) is 0 Å². The van der Waals surface area contributed by atoms with Crippen LogP contribution in [-0.2, 0) is 0 Å². The standard InChI is InChI=1S/C66H44N2/c1-3-14-45(15-4-1)50-18-11-20-52(40-50)53-21-12-19-51(41-53)49-30-28-47(29-31-49)48-32-36-57(37-33-48)67-64-27-10-8-25-60(64)62-43-55(35-39-65(62)67)56-34-38-61-59-24-7-9-26-63(59)68(66(61)44-56)58-23-13-22-54(42-58)46-16-5-2-6-17-46/h1-44H. The van der Waals surface area contributed by atoms with Crippen LogP contribution in [0.4, 0.5) is 0 Å². The lowest BCUT2D eigenvalue weighted by molar-refractivity contribution is 1.18. The van der Waals surface area contributed by atoms with Crippen molar-refractivity contribution in [1.29, 1.82) is 0 Å². The molecule has 13 aromatic rings. The van der Waals surface area contributed by atoms with E-state index in [1.807, 2.05) is 0 Å². The van der Waals surface area contributed by atoms with E-state index in [1.54, 1.807) is 0 Å². The predicted octanol–water partition coefficient (Wildman–Crippen LogP) is 17.9. The first-order valence-electron chi connectivity index (χ1n) is 23.4. The van der Waals surface area contributed by atoms with Crippen LogP contribution in [0, 0.1) is 0 Å². The van der Waals surface area contributed by atoms with E-state index in [0.29, 0.717) is 0 Å². The van der Waals surface area contributed by atoms with Gasteiger partial charge >= 0.3 is 0 Å². The van der Waals surface area contributed by atoms with Crippen molar-refractivity contribution < 1.29 is 0 Å². The summed E-state index contributed by atoms with van der Waals surface area (Å²) in [6.07, 6.45) is 0. The third-order valence-corrected chi connectivity index (χ3v) is 13.7. The number of benzene rings is 11. The van der Waals surface area contributed by atoms with E-state index < -0.39 is 0 Å². The van der Waals surface area contributed by atoms with Gasteiger partial charge in [0.25, 0.3) is 0 Å². The molecule has 0 saturated heterocycles. The van der Waals surface area contributed by atoms with Crippen molar-refractivity contribution in [2.75, 3.05) is 0 Å². The SMILES string of the molecule is c1ccc(-c2cccc(-c3cccc(-c4ccc(-c5ccc(-n6c7ccccc7c7cc(-c8ccc9c%10ccccc%10n(-c%10cccc(-c%11ccccc%11)c%10)c9c8)ccc76)cc5)cc4)c3)c2)cc1. The topological polar surface area (TPSA) is 9.86 Å². The first-order chi connectivity index (χ1) is 33.7. The Balaban J connectivity index is 0.817. The Kier molecular flexibility index (Phi) is 9.54. The summed E-state index contributed by atoms with van der Waals surface area (Å²) in [7, 11) is 0. The monoisotopic (exact) mass is 864 g/mol. The van der Waals surface area contributed by atoms with Crippen molar-refractivity contribution in [1.82, 2.24) is 9.13 Å². The average molecular weight is 865 g/mol. The van der Waals surface area contributed by atoms with Gasteiger partial charge in [0, 0.05) is 32.9 Å². The van der Waals surface area contributed by atoms with Crippen molar-refractivity contribution in [3.63, 3.8) is 0 Å². The van der Waals surface area contributed by atoms with Crippen molar-refractivity contribution in [3.8, 4) is 78.1 Å². The molecule has 0 fully saturated rings. The third-order valence-electron chi connectivity index (χ3n) is 13.7. The number of nitrogens with zero attached hydrogens (tertiary/aromatic N) is 2. The lowest BCUT2D eigenvalue weighted by Crippen LogP contribution is -1.95. The highest BCUT2D eigenvalue weighted by atomic mass is 15.0. The lowest BCUT2D eigenvalue weighted by atomic mass is 9.95. The molecule has 2 heteroatoms. The van der Waals surface area contributed by atoms with Crippen LogP contribution in [0.2, 0.25) is 0 Å². The highest BCUT2D eigenvalue weighted by Gasteiger charge is 2.17. The number of hydrogen-bond donors (Lipinski definition) is 0. The molecule has 11 aromatic carbocycles. The maximum Gasteiger partial charge on any atom is 0.0547 e. The number of para-hydroxylation sites is 2. The van der Waals surface area contributed by atoms with E-state index in [1.165, 1.54) is 110 Å². The van der Waals surface area contributed by atoms with Crippen molar-refractivity contribution in [3.05, 3.63) is 267 Å². The molecular weight excluding hydrogens is 821 g/mol. The quantitative estimate of drug-likeness (QED) is 0.144. The van der Waals surface area contributed by atoms with E-state index in [9.17, 15) is 0 Å². The number of fused-ring (bicyclic) bond motifs is 6. The molecule has 68 heavy (non-hydrogen) atoms. The molecule has 0 atom stereocenters. The molecule has 0 bridgehead atoms. The zero-order valence-corrected chi connectivity index (χ0v) is 37.3. The molecule has 13 rings (SSSR count). The molecule has 0 N–H and O–H groups in total. The van der Waals surface area contributed by atoms with Crippen LogP contribution in [0.15, 0.2) is 267 Å². The van der Waals surface area contributed by atoms with Crippen LogP contribution < -0.4 is 0 Å². The molecule has 0 radical (unpaired) electrons. The molecule has 0 amide bonds. The molecule has 0 unspecified atom stereocenters.